The van der Waals surface area contributed by atoms with Gasteiger partial charge in [0, 0.05) is 6.54 Å². The molecule has 1 unspecified atom stereocenters. The minimum absolute atomic E-state index is 0.277. The molecule has 0 heterocycles. The van der Waals surface area contributed by atoms with Crippen molar-refractivity contribution in [3.05, 3.63) is 0 Å². The summed E-state index contributed by atoms with van der Waals surface area (Å²) in [5, 5.41) is 3.00. The van der Waals surface area contributed by atoms with Crippen LogP contribution in [0.25, 0.3) is 0 Å². The third-order valence-corrected chi connectivity index (χ3v) is 4.49. The maximum Gasteiger partial charge on any atom is 0.407 e. The van der Waals surface area contributed by atoms with Crippen LogP contribution in [0, 0.1) is 11.3 Å². The van der Waals surface area contributed by atoms with Crippen molar-refractivity contribution < 1.29 is 9.53 Å². The second-order valence-electron chi connectivity index (χ2n) is 7.09. The molecule has 0 bridgehead atoms. The zero-order valence-corrected chi connectivity index (χ0v) is 13.3. The van der Waals surface area contributed by atoms with E-state index in [1.54, 1.807) is 0 Å². The number of hydrogen-bond donors (Lipinski definition) is 1. The number of ether oxygens (including phenoxy) is 1. The quantitative estimate of drug-likeness (QED) is 0.815. The number of hydrogen-bond acceptors (Lipinski definition) is 2. The maximum absolute atomic E-state index is 11.8. The second kappa shape index (κ2) is 6.62. The van der Waals surface area contributed by atoms with Crippen LogP contribution in [0.1, 0.15) is 73.1 Å². The van der Waals surface area contributed by atoms with E-state index in [1.165, 1.54) is 38.5 Å². The summed E-state index contributed by atoms with van der Waals surface area (Å²) in [6.07, 6.45) is 7.29. The molecule has 0 saturated heterocycles. The Kier molecular flexibility index (Phi) is 5.69. The Labute approximate surface area is 118 Å². The van der Waals surface area contributed by atoms with Gasteiger partial charge in [-0.3, -0.25) is 0 Å². The fourth-order valence-corrected chi connectivity index (χ4v) is 3.10. The van der Waals surface area contributed by atoms with E-state index in [2.05, 4.69) is 19.2 Å². The molecule has 1 rings (SSSR count). The molecular formula is C16H31NO2. The Bertz CT molecular complexity index is 288. The highest BCUT2D eigenvalue weighted by molar-refractivity contribution is 5.67. The molecule has 1 amide bonds. The molecule has 0 radical (unpaired) electrons. The minimum atomic E-state index is -0.416. The lowest BCUT2D eigenvalue weighted by atomic mass is 9.65. The average molecular weight is 269 g/mol. The molecule has 19 heavy (non-hydrogen) atoms. The van der Waals surface area contributed by atoms with Crippen LogP contribution in [0.5, 0.6) is 0 Å². The first-order valence-corrected chi connectivity index (χ1v) is 7.76. The van der Waals surface area contributed by atoms with Gasteiger partial charge in [0.2, 0.25) is 0 Å². The Hall–Kier alpha value is -0.730. The molecule has 3 nitrogen and oxygen atoms in total. The molecule has 112 valence electrons. The zero-order valence-electron chi connectivity index (χ0n) is 13.3. The first-order valence-electron chi connectivity index (χ1n) is 7.76. The van der Waals surface area contributed by atoms with E-state index in [0.29, 0.717) is 5.92 Å². The standard InChI is InChI=1S/C16H31NO2/c1-6-13(2)16(10-8-7-9-11-16)12-17-14(18)19-15(3,4)5/h13H,6-12H2,1-5H3,(H,17,18). The van der Waals surface area contributed by atoms with E-state index >= 15 is 0 Å². The summed E-state index contributed by atoms with van der Waals surface area (Å²) < 4.78 is 5.34. The topological polar surface area (TPSA) is 38.3 Å². The molecule has 1 aliphatic rings. The largest absolute Gasteiger partial charge is 0.444 e. The summed E-state index contributed by atoms with van der Waals surface area (Å²) in [4.78, 5) is 11.8. The summed E-state index contributed by atoms with van der Waals surface area (Å²) in [7, 11) is 0. The number of nitrogens with one attached hydrogen (secondary N) is 1. The molecule has 1 fully saturated rings. The van der Waals surface area contributed by atoms with Crippen molar-refractivity contribution in [2.24, 2.45) is 11.3 Å². The van der Waals surface area contributed by atoms with Gasteiger partial charge in [0.15, 0.2) is 0 Å². The average Bonchev–Trinajstić information content (AvgIpc) is 2.34. The molecule has 0 aromatic heterocycles. The van der Waals surface area contributed by atoms with Gasteiger partial charge in [-0.05, 0) is 44.9 Å². The van der Waals surface area contributed by atoms with Gasteiger partial charge >= 0.3 is 6.09 Å². The Morgan fingerprint density at radius 1 is 1.26 bits per heavy atom. The Balaban J connectivity index is 2.56. The molecule has 1 saturated carbocycles. The van der Waals surface area contributed by atoms with Crippen molar-refractivity contribution in [3.63, 3.8) is 0 Å². The van der Waals surface area contributed by atoms with Crippen molar-refractivity contribution in [1.29, 1.82) is 0 Å². The van der Waals surface area contributed by atoms with Crippen LogP contribution in [0.3, 0.4) is 0 Å². The first kappa shape index (κ1) is 16.3. The zero-order chi connectivity index (χ0) is 14.5. The summed E-state index contributed by atoms with van der Waals surface area (Å²) in [6.45, 7) is 11.0. The van der Waals surface area contributed by atoms with Crippen molar-refractivity contribution >= 4 is 6.09 Å². The molecule has 0 aromatic rings. The Morgan fingerprint density at radius 3 is 2.32 bits per heavy atom. The smallest absolute Gasteiger partial charge is 0.407 e. The number of amides is 1. The number of alkyl carbamates (subject to hydrolysis) is 1. The highest BCUT2D eigenvalue weighted by Gasteiger charge is 2.37. The molecule has 0 spiro atoms. The van der Waals surface area contributed by atoms with Crippen LogP contribution in [-0.4, -0.2) is 18.2 Å². The van der Waals surface area contributed by atoms with Crippen molar-refractivity contribution in [2.75, 3.05) is 6.54 Å². The highest BCUT2D eigenvalue weighted by atomic mass is 16.6. The van der Waals surface area contributed by atoms with Gasteiger partial charge in [-0.2, -0.15) is 0 Å². The van der Waals surface area contributed by atoms with Crippen molar-refractivity contribution in [1.82, 2.24) is 5.32 Å². The summed E-state index contributed by atoms with van der Waals surface area (Å²) in [5.41, 5.74) is -0.135. The van der Waals surface area contributed by atoms with Gasteiger partial charge in [0.25, 0.3) is 0 Å². The second-order valence-corrected chi connectivity index (χ2v) is 7.09. The van der Waals surface area contributed by atoms with Crippen molar-refractivity contribution in [2.45, 2.75) is 78.7 Å². The van der Waals surface area contributed by atoms with Crippen LogP contribution in [0.15, 0.2) is 0 Å². The van der Waals surface area contributed by atoms with Gasteiger partial charge < -0.3 is 10.1 Å². The van der Waals surface area contributed by atoms with Crippen molar-refractivity contribution in [3.8, 4) is 0 Å². The third kappa shape index (κ3) is 5.04. The van der Waals surface area contributed by atoms with E-state index in [9.17, 15) is 4.79 Å². The number of carbonyl (C=O) groups is 1. The first-order chi connectivity index (χ1) is 8.79. The van der Waals surface area contributed by atoms with Crippen LogP contribution in [0.4, 0.5) is 4.79 Å². The normalized spacial score (nSPS) is 20.7. The van der Waals surface area contributed by atoms with E-state index in [1.807, 2.05) is 20.8 Å². The monoisotopic (exact) mass is 269 g/mol. The summed E-state index contributed by atoms with van der Waals surface area (Å²) in [6, 6.07) is 0. The lowest BCUT2D eigenvalue weighted by Gasteiger charge is -2.42. The van der Waals surface area contributed by atoms with Gasteiger partial charge in [0.05, 0.1) is 0 Å². The molecule has 0 aromatic carbocycles. The minimum Gasteiger partial charge on any atom is -0.444 e. The molecule has 1 N–H and O–H groups in total. The lowest BCUT2D eigenvalue weighted by Crippen LogP contribution is -2.44. The van der Waals surface area contributed by atoms with Gasteiger partial charge in [-0.1, -0.05) is 39.5 Å². The number of rotatable bonds is 4. The fraction of sp³-hybridized carbons (Fsp3) is 0.938. The maximum atomic E-state index is 11.8. The molecule has 1 atom stereocenters. The van der Waals surface area contributed by atoms with Crippen LogP contribution in [0.2, 0.25) is 0 Å². The SMILES string of the molecule is CCC(C)C1(CNC(=O)OC(C)(C)C)CCCCC1. The van der Waals surface area contributed by atoms with Crippen LogP contribution in [-0.2, 0) is 4.74 Å². The van der Waals surface area contributed by atoms with Gasteiger partial charge in [-0.15, -0.1) is 0 Å². The van der Waals surface area contributed by atoms with Gasteiger partial charge in [0.1, 0.15) is 5.60 Å². The van der Waals surface area contributed by atoms with E-state index in [0.717, 1.165) is 6.54 Å². The van der Waals surface area contributed by atoms with Crippen LogP contribution >= 0.6 is 0 Å². The molecule has 3 heteroatoms. The van der Waals surface area contributed by atoms with Gasteiger partial charge in [-0.25, -0.2) is 4.79 Å². The van der Waals surface area contributed by atoms with Crippen LogP contribution < -0.4 is 5.32 Å². The summed E-state index contributed by atoms with van der Waals surface area (Å²) >= 11 is 0. The fourth-order valence-electron chi connectivity index (χ4n) is 3.10. The summed E-state index contributed by atoms with van der Waals surface area (Å²) in [5.74, 6) is 0.655. The number of carbonyl (C=O) groups excluding carboxylic acids is 1. The predicted molar refractivity (Wildman–Crippen MR) is 79.2 cm³/mol. The van der Waals surface area contributed by atoms with E-state index < -0.39 is 5.60 Å². The Morgan fingerprint density at radius 2 is 1.84 bits per heavy atom. The predicted octanol–water partition coefficient (Wildman–Crippen LogP) is 4.51. The lowest BCUT2D eigenvalue weighted by molar-refractivity contribution is 0.0427. The highest BCUT2D eigenvalue weighted by Crippen LogP contribution is 2.43. The van der Waals surface area contributed by atoms with E-state index in [-0.39, 0.29) is 11.5 Å². The molecule has 0 aliphatic heterocycles. The third-order valence-electron chi connectivity index (χ3n) is 4.49. The molecular weight excluding hydrogens is 238 g/mol. The van der Waals surface area contributed by atoms with E-state index in [4.69, 9.17) is 4.74 Å². The molecule has 1 aliphatic carbocycles.